The summed E-state index contributed by atoms with van der Waals surface area (Å²) in [7, 11) is 0. The molecule has 1 aromatic rings. The highest BCUT2D eigenvalue weighted by atomic mass is 35.5. The SMILES string of the molecule is CC1C(=O)N(c2c(Cl)c(Cl)c(Cl)c(Cl)c2Cl)N=C1NC(=O)C(C)(C)C. The number of nitrogens with one attached hydrogen (secondary N) is 1. The lowest BCUT2D eigenvalue weighted by molar-refractivity contribution is -0.127. The molecule has 0 aromatic heterocycles. The Kier molecular flexibility index (Phi) is 5.87. The van der Waals surface area contributed by atoms with Crippen LogP contribution in [0.25, 0.3) is 0 Å². The smallest absolute Gasteiger partial charge is 0.258 e. The van der Waals surface area contributed by atoms with Gasteiger partial charge < -0.3 is 5.32 Å². The molecule has 0 saturated carbocycles. The Morgan fingerprint density at radius 1 is 1.00 bits per heavy atom. The van der Waals surface area contributed by atoms with E-state index >= 15 is 0 Å². The van der Waals surface area contributed by atoms with E-state index in [1.54, 1.807) is 27.7 Å². The first kappa shape index (κ1) is 20.6. The third kappa shape index (κ3) is 3.71. The van der Waals surface area contributed by atoms with E-state index in [4.69, 9.17) is 58.0 Å². The molecule has 136 valence electrons. The van der Waals surface area contributed by atoms with Gasteiger partial charge >= 0.3 is 0 Å². The van der Waals surface area contributed by atoms with Gasteiger partial charge in [-0.15, -0.1) is 0 Å². The minimum Gasteiger partial charge on any atom is -0.312 e. The van der Waals surface area contributed by atoms with Crippen LogP contribution < -0.4 is 10.3 Å². The average Bonchev–Trinajstić information content (AvgIpc) is 2.79. The zero-order chi connectivity index (χ0) is 19.3. The summed E-state index contributed by atoms with van der Waals surface area (Å²) >= 11 is 30.4. The number of rotatable bonds is 1. The molecule has 10 heteroatoms. The molecule has 2 amide bonds. The lowest BCUT2D eigenvalue weighted by Gasteiger charge is -2.18. The molecule has 0 aliphatic carbocycles. The molecule has 0 saturated heterocycles. The van der Waals surface area contributed by atoms with Crippen LogP contribution in [0, 0.1) is 11.3 Å². The fourth-order valence-electron chi connectivity index (χ4n) is 1.92. The lowest BCUT2D eigenvalue weighted by Crippen LogP contribution is -2.41. The topological polar surface area (TPSA) is 61.8 Å². The van der Waals surface area contributed by atoms with Gasteiger partial charge in [-0.1, -0.05) is 78.8 Å². The van der Waals surface area contributed by atoms with E-state index in [0.717, 1.165) is 5.01 Å². The Hall–Kier alpha value is -0.720. The van der Waals surface area contributed by atoms with Crippen molar-refractivity contribution in [2.24, 2.45) is 16.4 Å². The lowest BCUT2D eigenvalue weighted by atomic mass is 9.95. The zero-order valence-corrected chi connectivity index (χ0v) is 17.5. The molecule has 1 unspecified atom stereocenters. The van der Waals surface area contributed by atoms with Crippen LogP contribution in [-0.4, -0.2) is 17.6 Å². The van der Waals surface area contributed by atoms with Crippen molar-refractivity contribution < 1.29 is 9.59 Å². The van der Waals surface area contributed by atoms with E-state index in [9.17, 15) is 9.59 Å². The van der Waals surface area contributed by atoms with E-state index in [1.165, 1.54) is 0 Å². The monoisotopic (exact) mass is 443 g/mol. The van der Waals surface area contributed by atoms with E-state index in [-0.39, 0.29) is 42.5 Å². The second-order valence-corrected chi connectivity index (χ2v) is 8.37. The molecule has 0 bridgehead atoms. The van der Waals surface area contributed by atoms with Crippen LogP contribution in [0.2, 0.25) is 25.1 Å². The van der Waals surface area contributed by atoms with Crippen LogP contribution in [0.5, 0.6) is 0 Å². The molecular formula is C15H14Cl5N3O2. The maximum atomic E-state index is 12.6. The minimum absolute atomic E-state index is 0.0135. The van der Waals surface area contributed by atoms with Gasteiger partial charge in [0.1, 0.15) is 11.5 Å². The van der Waals surface area contributed by atoms with E-state index in [2.05, 4.69) is 10.4 Å². The van der Waals surface area contributed by atoms with Gasteiger partial charge in [0, 0.05) is 5.41 Å². The van der Waals surface area contributed by atoms with Crippen molar-refractivity contribution in [2.75, 3.05) is 5.01 Å². The summed E-state index contributed by atoms with van der Waals surface area (Å²) in [5.74, 6) is -1.24. The van der Waals surface area contributed by atoms with E-state index in [0.29, 0.717) is 0 Å². The molecule has 1 aliphatic rings. The molecule has 1 heterocycles. The number of hydrogen-bond acceptors (Lipinski definition) is 3. The molecule has 1 N–H and O–H groups in total. The molecule has 1 atom stereocenters. The number of carbonyl (C=O) groups is 2. The van der Waals surface area contributed by atoms with Crippen molar-refractivity contribution in [3.63, 3.8) is 0 Å². The molecule has 0 spiro atoms. The average molecular weight is 446 g/mol. The first-order chi connectivity index (χ1) is 11.4. The van der Waals surface area contributed by atoms with E-state index in [1.807, 2.05) is 0 Å². The molecule has 1 aromatic carbocycles. The van der Waals surface area contributed by atoms with Crippen LogP contribution in [0.3, 0.4) is 0 Å². The third-order valence-corrected chi connectivity index (χ3v) is 5.78. The van der Waals surface area contributed by atoms with Crippen LogP contribution in [-0.2, 0) is 9.59 Å². The molecule has 0 radical (unpaired) electrons. The second-order valence-electron chi connectivity index (χ2n) is 6.48. The Labute approximate surface area is 170 Å². The van der Waals surface area contributed by atoms with Crippen molar-refractivity contribution in [1.29, 1.82) is 0 Å². The number of carbonyl (C=O) groups excluding carboxylic acids is 2. The number of benzene rings is 1. The number of anilines is 1. The summed E-state index contributed by atoms with van der Waals surface area (Å²) in [5, 5.41) is 7.53. The van der Waals surface area contributed by atoms with Crippen LogP contribution in [0.15, 0.2) is 5.10 Å². The summed E-state index contributed by atoms with van der Waals surface area (Å²) < 4.78 is 0. The van der Waals surface area contributed by atoms with Gasteiger partial charge in [0.2, 0.25) is 5.91 Å². The standard InChI is InChI=1S/C15H14Cl5N3O2/c1-5-12(21-14(25)15(2,3)4)22-23(13(5)24)11-9(19)7(17)6(16)8(18)10(11)20/h5H,1-4H3,(H,21,22,25). The molecule has 5 nitrogen and oxygen atoms in total. The predicted molar refractivity (Wildman–Crippen MR) is 103 cm³/mol. The van der Waals surface area contributed by atoms with Crippen molar-refractivity contribution in [3.05, 3.63) is 25.1 Å². The zero-order valence-electron chi connectivity index (χ0n) is 13.7. The first-order valence-electron chi connectivity index (χ1n) is 7.13. The minimum atomic E-state index is -0.702. The van der Waals surface area contributed by atoms with Crippen molar-refractivity contribution in [2.45, 2.75) is 27.7 Å². The summed E-state index contributed by atoms with van der Waals surface area (Å²) in [6, 6.07) is 0. The van der Waals surface area contributed by atoms with Crippen LogP contribution in [0.4, 0.5) is 5.69 Å². The second kappa shape index (κ2) is 7.12. The maximum absolute atomic E-state index is 12.6. The number of amides is 2. The molecule has 25 heavy (non-hydrogen) atoms. The quantitative estimate of drug-likeness (QED) is 0.464. The molecular weight excluding hydrogens is 431 g/mol. The number of nitrogens with zero attached hydrogens (tertiary/aromatic N) is 2. The van der Waals surface area contributed by atoms with Gasteiger partial charge in [-0.25, -0.2) is 0 Å². The first-order valence-corrected chi connectivity index (χ1v) is 9.02. The van der Waals surface area contributed by atoms with Gasteiger partial charge in [-0.3, -0.25) is 9.59 Å². The number of hydrogen-bond donors (Lipinski definition) is 1. The summed E-state index contributed by atoms with van der Waals surface area (Å²) in [5.41, 5.74) is -0.638. The highest BCUT2D eigenvalue weighted by Gasteiger charge is 2.38. The van der Waals surface area contributed by atoms with Crippen LogP contribution >= 0.6 is 58.0 Å². The normalized spacial score (nSPS) is 17.8. The molecule has 2 rings (SSSR count). The third-order valence-electron chi connectivity index (χ3n) is 3.52. The Morgan fingerprint density at radius 3 is 1.88 bits per heavy atom. The van der Waals surface area contributed by atoms with Crippen molar-refractivity contribution >= 4 is 81.3 Å². The summed E-state index contributed by atoms with van der Waals surface area (Å²) in [6.07, 6.45) is 0. The molecule has 1 aliphatic heterocycles. The van der Waals surface area contributed by atoms with Gasteiger partial charge in [0.15, 0.2) is 0 Å². The molecule has 0 fully saturated rings. The van der Waals surface area contributed by atoms with Gasteiger partial charge in [0.05, 0.1) is 31.0 Å². The Balaban J connectivity index is 2.51. The summed E-state index contributed by atoms with van der Waals surface area (Å²) in [4.78, 5) is 24.8. The van der Waals surface area contributed by atoms with Crippen molar-refractivity contribution in [1.82, 2.24) is 5.32 Å². The number of amidine groups is 1. The highest BCUT2D eigenvalue weighted by molar-refractivity contribution is 6.57. The summed E-state index contributed by atoms with van der Waals surface area (Å²) in [6.45, 7) is 6.84. The Bertz CT molecular complexity index is 772. The largest absolute Gasteiger partial charge is 0.312 e. The van der Waals surface area contributed by atoms with E-state index < -0.39 is 17.2 Å². The van der Waals surface area contributed by atoms with Gasteiger partial charge in [-0.05, 0) is 6.92 Å². The Morgan fingerprint density at radius 2 is 1.44 bits per heavy atom. The fourth-order valence-corrected chi connectivity index (χ4v) is 3.21. The van der Waals surface area contributed by atoms with Crippen molar-refractivity contribution in [3.8, 4) is 0 Å². The fraction of sp³-hybridized carbons (Fsp3) is 0.400. The predicted octanol–water partition coefficient (Wildman–Crippen LogP) is 5.41. The van der Waals surface area contributed by atoms with Crippen LogP contribution in [0.1, 0.15) is 27.7 Å². The van der Waals surface area contributed by atoms with Gasteiger partial charge in [0.25, 0.3) is 5.91 Å². The number of hydrazone groups is 1. The highest BCUT2D eigenvalue weighted by Crippen LogP contribution is 2.49. The van der Waals surface area contributed by atoms with Gasteiger partial charge in [-0.2, -0.15) is 10.1 Å². The number of halogens is 5. The maximum Gasteiger partial charge on any atom is 0.258 e.